The van der Waals surface area contributed by atoms with Crippen LogP contribution in [0.25, 0.3) is 22.0 Å². The summed E-state index contributed by atoms with van der Waals surface area (Å²) in [6.45, 7) is 17.6. The van der Waals surface area contributed by atoms with Crippen molar-refractivity contribution < 1.29 is 30.0 Å². The van der Waals surface area contributed by atoms with Crippen molar-refractivity contribution in [1.29, 1.82) is 0 Å². The molecule has 0 saturated carbocycles. The number of carbonyl (C=O) groups is 1. The molecule has 0 spiro atoms. The van der Waals surface area contributed by atoms with Gasteiger partial charge in [-0.15, -0.1) is 34.9 Å². The molecule has 0 aliphatic heterocycles. The quantitative estimate of drug-likeness (QED) is 0.179. The summed E-state index contributed by atoms with van der Waals surface area (Å²) >= 11 is 0. The molecule has 185 valence electrons. The number of fused-ring (bicyclic) bond motifs is 1. The van der Waals surface area contributed by atoms with Crippen molar-refractivity contribution in [2.75, 3.05) is 0 Å². The van der Waals surface area contributed by atoms with Crippen molar-refractivity contribution in [1.82, 2.24) is 4.98 Å². The minimum Gasteiger partial charge on any atom is -0.512 e. The average Bonchev–Trinajstić information content (AvgIpc) is 2.72. The number of pyridine rings is 1. The van der Waals surface area contributed by atoms with Crippen molar-refractivity contribution in [2.45, 2.75) is 68.2 Å². The van der Waals surface area contributed by atoms with Crippen molar-refractivity contribution >= 4 is 16.6 Å². The molecule has 0 fully saturated rings. The SMILES string of the molecule is CC(C)(C)C(=O)/C=C(\O)C(C)(C)C.Cc1[c-]c(-c2cc3ccccc3cn2)cc(C(C)C)c1.[Ir]. The topological polar surface area (TPSA) is 50.2 Å². The summed E-state index contributed by atoms with van der Waals surface area (Å²) in [5.74, 6) is 0.620. The van der Waals surface area contributed by atoms with Gasteiger partial charge in [-0.3, -0.25) is 4.79 Å². The minimum absolute atomic E-state index is 0. The maximum Gasteiger partial charge on any atom is 0.164 e. The summed E-state index contributed by atoms with van der Waals surface area (Å²) in [4.78, 5) is 16.1. The summed E-state index contributed by atoms with van der Waals surface area (Å²) in [6.07, 6.45) is 3.27. The Hall–Kier alpha value is -2.29. The number of nitrogens with zero attached hydrogens (tertiary/aromatic N) is 1. The van der Waals surface area contributed by atoms with Gasteiger partial charge in [0.1, 0.15) is 5.76 Å². The van der Waals surface area contributed by atoms with Crippen molar-refractivity contribution in [2.24, 2.45) is 10.8 Å². The van der Waals surface area contributed by atoms with E-state index in [0.717, 1.165) is 11.3 Å². The van der Waals surface area contributed by atoms with Gasteiger partial charge in [-0.1, -0.05) is 92.6 Å². The van der Waals surface area contributed by atoms with Crippen LogP contribution in [0, 0.1) is 23.8 Å². The standard InChI is InChI=1S/C19H18N.C11H20O2.Ir/c1-13(2)17-8-14(3)9-18(10-17)19-11-15-6-4-5-7-16(15)12-20-19;1-10(2,3)8(12)7-9(13)11(4,5)6;/h4-8,10-13H,1-3H3;7,12H,1-6H3;/q-1;;/b;8-7-;. The van der Waals surface area contributed by atoms with E-state index in [1.807, 2.05) is 53.8 Å². The zero-order valence-corrected chi connectivity index (χ0v) is 24.3. The molecule has 4 heteroatoms. The van der Waals surface area contributed by atoms with Crippen molar-refractivity contribution in [3.8, 4) is 11.3 Å². The fourth-order valence-corrected chi connectivity index (χ4v) is 3.00. The second-order valence-electron chi connectivity index (χ2n) is 11.0. The second kappa shape index (κ2) is 11.9. The van der Waals surface area contributed by atoms with E-state index in [1.54, 1.807) is 0 Å². The number of rotatable bonds is 3. The first-order chi connectivity index (χ1) is 15.2. The third-order valence-corrected chi connectivity index (χ3v) is 5.38. The molecule has 3 aromatic rings. The van der Waals surface area contributed by atoms with Gasteiger partial charge in [0.15, 0.2) is 5.78 Å². The van der Waals surface area contributed by atoms with Crippen LogP contribution < -0.4 is 0 Å². The Morgan fingerprint density at radius 2 is 1.56 bits per heavy atom. The third kappa shape index (κ3) is 8.49. The fourth-order valence-electron chi connectivity index (χ4n) is 3.00. The molecule has 3 nitrogen and oxygen atoms in total. The van der Waals surface area contributed by atoms with E-state index in [-0.39, 0.29) is 37.1 Å². The summed E-state index contributed by atoms with van der Waals surface area (Å²) in [7, 11) is 0. The van der Waals surface area contributed by atoms with E-state index in [4.69, 9.17) is 0 Å². The molecule has 1 N–H and O–H groups in total. The van der Waals surface area contributed by atoms with Gasteiger partial charge in [-0.05, 0) is 22.4 Å². The van der Waals surface area contributed by atoms with E-state index in [2.05, 4.69) is 68.2 Å². The average molecular weight is 637 g/mol. The van der Waals surface area contributed by atoms with Crippen LogP contribution in [0.5, 0.6) is 0 Å². The first-order valence-electron chi connectivity index (χ1n) is 11.5. The summed E-state index contributed by atoms with van der Waals surface area (Å²) in [5, 5.41) is 12.0. The van der Waals surface area contributed by atoms with Crippen molar-refractivity contribution in [3.63, 3.8) is 0 Å². The van der Waals surface area contributed by atoms with Gasteiger partial charge in [0.05, 0.1) is 0 Å². The van der Waals surface area contributed by atoms with E-state index in [1.165, 1.54) is 28.0 Å². The monoisotopic (exact) mass is 637 g/mol. The van der Waals surface area contributed by atoms with E-state index >= 15 is 0 Å². The normalized spacial score (nSPS) is 12.1. The molecule has 0 unspecified atom stereocenters. The van der Waals surface area contributed by atoms with Gasteiger partial charge in [-0.25, -0.2) is 0 Å². The van der Waals surface area contributed by atoms with Gasteiger partial charge in [0, 0.05) is 43.2 Å². The Bertz CT molecular complexity index is 1150. The molecule has 1 radical (unpaired) electrons. The van der Waals surface area contributed by atoms with Crippen LogP contribution in [0.1, 0.15) is 72.4 Å². The molecule has 0 saturated heterocycles. The Morgan fingerprint density at radius 1 is 0.971 bits per heavy atom. The fraction of sp³-hybridized carbons (Fsp3) is 0.400. The molecule has 1 aromatic heterocycles. The Kier molecular flexibility index (Phi) is 10.4. The second-order valence-corrected chi connectivity index (χ2v) is 11.0. The van der Waals surface area contributed by atoms with Gasteiger partial charge in [0.25, 0.3) is 0 Å². The summed E-state index contributed by atoms with van der Waals surface area (Å²) < 4.78 is 0. The first kappa shape index (κ1) is 29.7. The zero-order chi connectivity index (χ0) is 25.0. The van der Waals surface area contributed by atoms with Crippen LogP contribution in [-0.2, 0) is 24.9 Å². The van der Waals surface area contributed by atoms with E-state index in [9.17, 15) is 9.90 Å². The van der Waals surface area contributed by atoms with Gasteiger partial charge in [0.2, 0.25) is 0 Å². The summed E-state index contributed by atoms with van der Waals surface area (Å²) in [5.41, 5.74) is 3.82. The molecule has 34 heavy (non-hydrogen) atoms. The van der Waals surface area contributed by atoms with Crippen LogP contribution in [0.15, 0.2) is 60.5 Å². The van der Waals surface area contributed by atoms with E-state index < -0.39 is 5.41 Å². The number of benzene rings is 2. The molecular weight excluding hydrogens is 599 g/mol. The van der Waals surface area contributed by atoms with E-state index in [0.29, 0.717) is 5.92 Å². The largest absolute Gasteiger partial charge is 0.512 e. The molecule has 0 aliphatic carbocycles. The number of aliphatic hydroxyl groups excluding tert-OH is 1. The number of aryl methyl sites for hydroxylation is 1. The number of allylic oxidation sites excluding steroid dienone is 2. The van der Waals surface area contributed by atoms with Crippen LogP contribution in [0.4, 0.5) is 0 Å². The first-order valence-corrected chi connectivity index (χ1v) is 11.5. The molecule has 0 bridgehead atoms. The Morgan fingerprint density at radius 3 is 2.09 bits per heavy atom. The number of carbonyl (C=O) groups excluding carboxylic acids is 1. The molecule has 0 amide bonds. The predicted molar refractivity (Wildman–Crippen MR) is 139 cm³/mol. The summed E-state index contributed by atoms with van der Waals surface area (Å²) in [6, 6.07) is 18.3. The van der Waals surface area contributed by atoms with Crippen molar-refractivity contribution in [3.05, 3.63) is 77.7 Å². The Balaban J connectivity index is 0.000000364. The Labute approximate surface area is 219 Å². The van der Waals surface area contributed by atoms with Crippen LogP contribution in [-0.4, -0.2) is 15.9 Å². The molecule has 0 aliphatic rings. The van der Waals surface area contributed by atoms with Gasteiger partial charge < -0.3 is 10.1 Å². The van der Waals surface area contributed by atoms with Gasteiger partial charge >= 0.3 is 0 Å². The minimum atomic E-state index is -0.417. The van der Waals surface area contributed by atoms with Crippen LogP contribution in [0.2, 0.25) is 0 Å². The maximum absolute atomic E-state index is 11.5. The molecule has 3 rings (SSSR count). The van der Waals surface area contributed by atoms with Gasteiger partial charge in [-0.2, -0.15) is 0 Å². The third-order valence-electron chi connectivity index (χ3n) is 5.38. The molecule has 2 aromatic carbocycles. The number of aromatic nitrogens is 1. The predicted octanol–water partition coefficient (Wildman–Crippen LogP) is 8.22. The zero-order valence-electron chi connectivity index (χ0n) is 21.9. The number of aliphatic hydroxyl groups is 1. The molecule has 1 heterocycles. The van der Waals surface area contributed by atoms with Crippen LogP contribution in [0.3, 0.4) is 0 Å². The maximum atomic E-state index is 11.5. The number of hydrogen-bond acceptors (Lipinski definition) is 3. The number of ketones is 1. The van der Waals surface area contributed by atoms with Crippen LogP contribution >= 0.6 is 0 Å². The number of hydrogen-bond donors (Lipinski definition) is 1. The molecule has 0 atom stereocenters. The molecular formula is C30H38IrNO2-. The smallest absolute Gasteiger partial charge is 0.164 e.